The van der Waals surface area contributed by atoms with E-state index < -0.39 is 0 Å². The zero-order chi connectivity index (χ0) is 14.7. The second kappa shape index (κ2) is 5.96. The molecule has 2 aromatic carbocycles. The van der Waals surface area contributed by atoms with Gasteiger partial charge < -0.3 is 5.32 Å². The summed E-state index contributed by atoms with van der Waals surface area (Å²) >= 11 is 0. The van der Waals surface area contributed by atoms with Gasteiger partial charge in [-0.05, 0) is 36.1 Å². The van der Waals surface area contributed by atoms with Crippen molar-refractivity contribution in [1.29, 1.82) is 0 Å². The van der Waals surface area contributed by atoms with E-state index in [4.69, 9.17) is 4.98 Å². The van der Waals surface area contributed by atoms with Gasteiger partial charge in [0.25, 0.3) is 0 Å². The molecule has 0 amide bonds. The summed E-state index contributed by atoms with van der Waals surface area (Å²) in [4.78, 5) is 4.73. The Morgan fingerprint density at radius 2 is 1.71 bits per heavy atom. The van der Waals surface area contributed by atoms with Gasteiger partial charge in [0.15, 0.2) is 0 Å². The fourth-order valence-corrected chi connectivity index (χ4v) is 2.55. The Morgan fingerprint density at radius 1 is 1.00 bits per heavy atom. The number of para-hydroxylation sites is 1. The van der Waals surface area contributed by atoms with Crippen LogP contribution in [-0.4, -0.2) is 11.5 Å². The molecular weight excluding hydrogens is 256 g/mol. The molecule has 0 aliphatic rings. The van der Waals surface area contributed by atoms with Crippen LogP contribution in [0.1, 0.15) is 24.0 Å². The van der Waals surface area contributed by atoms with Crippen LogP contribution in [0, 0.1) is 6.92 Å². The lowest BCUT2D eigenvalue weighted by atomic mass is 10.0. The van der Waals surface area contributed by atoms with Gasteiger partial charge in [-0.15, -0.1) is 0 Å². The summed E-state index contributed by atoms with van der Waals surface area (Å²) in [6.07, 6.45) is 0. The Kier molecular flexibility index (Phi) is 3.87. The zero-order valence-electron chi connectivity index (χ0n) is 12.5. The van der Waals surface area contributed by atoms with Gasteiger partial charge in [-0.25, -0.2) is 4.98 Å². The van der Waals surface area contributed by atoms with E-state index >= 15 is 0 Å². The van der Waals surface area contributed by atoms with Gasteiger partial charge in [0.2, 0.25) is 0 Å². The van der Waals surface area contributed by atoms with Crippen LogP contribution in [0.4, 0.5) is 5.82 Å². The predicted octanol–water partition coefficient (Wildman–Crippen LogP) is 4.76. The first-order valence-electron chi connectivity index (χ1n) is 7.39. The highest BCUT2D eigenvalue weighted by Crippen LogP contribution is 2.21. The third-order valence-electron chi connectivity index (χ3n) is 3.86. The molecule has 2 nitrogen and oxygen atoms in total. The number of nitrogens with one attached hydrogen (secondary N) is 1. The fourth-order valence-electron chi connectivity index (χ4n) is 2.55. The number of nitrogens with zero attached hydrogens (tertiary/aromatic N) is 1. The van der Waals surface area contributed by atoms with Crippen molar-refractivity contribution >= 4 is 16.7 Å². The molecule has 1 aromatic heterocycles. The molecule has 3 rings (SSSR count). The minimum absolute atomic E-state index is 0.457. The fraction of sp³-hybridized carbons (Fsp3) is 0.211. The molecular formula is C19H20N2. The van der Waals surface area contributed by atoms with Crippen LogP contribution in [0.15, 0.2) is 60.7 Å². The Bertz CT molecular complexity index is 735. The molecule has 1 unspecified atom stereocenters. The van der Waals surface area contributed by atoms with E-state index in [0.717, 1.165) is 17.9 Å². The van der Waals surface area contributed by atoms with E-state index in [-0.39, 0.29) is 0 Å². The molecule has 1 heterocycles. The lowest BCUT2D eigenvalue weighted by molar-refractivity contribution is 0.801. The number of aromatic nitrogens is 1. The van der Waals surface area contributed by atoms with E-state index in [9.17, 15) is 0 Å². The van der Waals surface area contributed by atoms with Crippen LogP contribution in [0.25, 0.3) is 10.9 Å². The number of anilines is 1. The third-order valence-corrected chi connectivity index (χ3v) is 3.86. The van der Waals surface area contributed by atoms with Crippen molar-refractivity contribution in [1.82, 2.24) is 4.98 Å². The maximum absolute atomic E-state index is 4.73. The SMILES string of the molecule is Cc1cc2ccccc2nc1NCC(C)c1ccccc1. The number of pyridine rings is 1. The summed E-state index contributed by atoms with van der Waals surface area (Å²) in [7, 11) is 0. The first kappa shape index (κ1) is 13.6. The molecule has 0 aliphatic heterocycles. The largest absolute Gasteiger partial charge is 0.369 e. The van der Waals surface area contributed by atoms with Crippen molar-refractivity contribution in [2.24, 2.45) is 0 Å². The average molecular weight is 276 g/mol. The standard InChI is InChI=1S/C19H20N2/c1-14-12-17-10-6-7-11-18(17)21-19(14)20-13-15(2)16-8-4-3-5-9-16/h3-12,15H,13H2,1-2H3,(H,20,21). The van der Waals surface area contributed by atoms with E-state index in [1.807, 2.05) is 12.1 Å². The molecule has 1 N–H and O–H groups in total. The third kappa shape index (κ3) is 3.05. The number of rotatable bonds is 4. The van der Waals surface area contributed by atoms with Crippen LogP contribution in [0.3, 0.4) is 0 Å². The van der Waals surface area contributed by atoms with Crippen molar-refractivity contribution in [3.63, 3.8) is 0 Å². The van der Waals surface area contributed by atoms with Gasteiger partial charge in [0, 0.05) is 11.9 Å². The lowest BCUT2D eigenvalue weighted by Gasteiger charge is -2.15. The van der Waals surface area contributed by atoms with Crippen LogP contribution >= 0.6 is 0 Å². The Labute approximate surface area is 125 Å². The van der Waals surface area contributed by atoms with Gasteiger partial charge in [-0.3, -0.25) is 0 Å². The number of aryl methyl sites for hydroxylation is 1. The minimum Gasteiger partial charge on any atom is -0.369 e. The van der Waals surface area contributed by atoms with E-state index in [0.29, 0.717) is 5.92 Å². The summed E-state index contributed by atoms with van der Waals surface area (Å²) < 4.78 is 0. The Hall–Kier alpha value is -2.35. The van der Waals surface area contributed by atoms with E-state index in [2.05, 4.69) is 67.7 Å². The van der Waals surface area contributed by atoms with Crippen LogP contribution in [0.2, 0.25) is 0 Å². The molecule has 106 valence electrons. The lowest BCUT2D eigenvalue weighted by Crippen LogP contribution is -2.11. The van der Waals surface area contributed by atoms with E-state index in [1.165, 1.54) is 16.5 Å². The minimum atomic E-state index is 0.457. The highest BCUT2D eigenvalue weighted by molar-refractivity contribution is 5.81. The Balaban J connectivity index is 1.77. The number of fused-ring (bicyclic) bond motifs is 1. The van der Waals surface area contributed by atoms with Crippen molar-refractivity contribution in [3.05, 3.63) is 71.8 Å². The van der Waals surface area contributed by atoms with Crippen LogP contribution in [0.5, 0.6) is 0 Å². The van der Waals surface area contributed by atoms with E-state index in [1.54, 1.807) is 0 Å². The highest BCUT2D eigenvalue weighted by atomic mass is 15.0. The summed E-state index contributed by atoms with van der Waals surface area (Å²) in [5, 5.41) is 4.68. The molecule has 0 aliphatic carbocycles. The zero-order valence-corrected chi connectivity index (χ0v) is 12.5. The van der Waals surface area contributed by atoms with Crippen LogP contribution in [-0.2, 0) is 0 Å². The molecule has 21 heavy (non-hydrogen) atoms. The normalized spacial score (nSPS) is 12.3. The number of hydrogen-bond donors (Lipinski definition) is 1. The summed E-state index contributed by atoms with van der Waals surface area (Å²) in [5.41, 5.74) is 3.58. The maximum Gasteiger partial charge on any atom is 0.129 e. The molecule has 0 spiro atoms. The van der Waals surface area contributed by atoms with Crippen molar-refractivity contribution in [3.8, 4) is 0 Å². The van der Waals surface area contributed by atoms with Gasteiger partial charge in [-0.2, -0.15) is 0 Å². The second-order valence-corrected chi connectivity index (χ2v) is 5.54. The molecule has 0 fully saturated rings. The van der Waals surface area contributed by atoms with Gasteiger partial charge >= 0.3 is 0 Å². The van der Waals surface area contributed by atoms with Gasteiger partial charge in [-0.1, -0.05) is 55.5 Å². The number of hydrogen-bond acceptors (Lipinski definition) is 2. The smallest absolute Gasteiger partial charge is 0.129 e. The molecule has 1 atom stereocenters. The predicted molar refractivity (Wildman–Crippen MR) is 89.8 cm³/mol. The molecule has 0 saturated carbocycles. The second-order valence-electron chi connectivity index (χ2n) is 5.54. The molecule has 0 bridgehead atoms. The quantitative estimate of drug-likeness (QED) is 0.743. The van der Waals surface area contributed by atoms with Gasteiger partial charge in [0.05, 0.1) is 5.52 Å². The van der Waals surface area contributed by atoms with Crippen molar-refractivity contribution in [2.45, 2.75) is 19.8 Å². The summed E-state index contributed by atoms with van der Waals surface area (Å²) in [5.74, 6) is 1.44. The Morgan fingerprint density at radius 3 is 2.52 bits per heavy atom. The van der Waals surface area contributed by atoms with Gasteiger partial charge in [0.1, 0.15) is 5.82 Å². The summed E-state index contributed by atoms with van der Waals surface area (Å²) in [6.45, 7) is 5.23. The van der Waals surface area contributed by atoms with Crippen LogP contribution < -0.4 is 5.32 Å². The highest BCUT2D eigenvalue weighted by Gasteiger charge is 2.07. The molecule has 0 radical (unpaired) electrons. The monoisotopic (exact) mass is 276 g/mol. The maximum atomic E-state index is 4.73. The van der Waals surface area contributed by atoms with Crippen molar-refractivity contribution < 1.29 is 0 Å². The average Bonchev–Trinajstić information content (AvgIpc) is 2.53. The molecule has 3 aromatic rings. The number of benzene rings is 2. The first-order chi connectivity index (χ1) is 10.2. The van der Waals surface area contributed by atoms with Crippen molar-refractivity contribution in [2.75, 3.05) is 11.9 Å². The first-order valence-corrected chi connectivity index (χ1v) is 7.39. The summed E-state index contributed by atoms with van der Waals surface area (Å²) in [6, 6.07) is 21.0. The molecule has 2 heteroatoms. The molecule has 0 saturated heterocycles. The topological polar surface area (TPSA) is 24.9 Å².